The minimum Gasteiger partial charge on any atom is -0.493 e. The van der Waals surface area contributed by atoms with E-state index in [-0.39, 0.29) is 0 Å². The number of fused-ring (bicyclic) bond motifs is 1. The number of nitrogens with zero attached hydrogens (tertiary/aromatic N) is 1. The number of hydrogen-bond acceptors (Lipinski definition) is 3. The lowest BCUT2D eigenvalue weighted by atomic mass is 10.1. The Labute approximate surface area is 98.6 Å². The van der Waals surface area contributed by atoms with Crippen molar-refractivity contribution in [2.45, 2.75) is 13.0 Å². The zero-order chi connectivity index (χ0) is 12.4. The van der Waals surface area contributed by atoms with Crippen LogP contribution in [0.25, 0.3) is 0 Å². The molecule has 0 fully saturated rings. The highest BCUT2D eigenvalue weighted by Crippen LogP contribution is 2.26. The van der Waals surface area contributed by atoms with Crippen molar-refractivity contribution in [1.82, 2.24) is 4.90 Å². The maximum Gasteiger partial charge on any atom is 0.394 e. The van der Waals surface area contributed by atoms with Gasteiger partial charge in [0.2, 0.25) is 0 Å². The van der Waals surface area contributed by atoms with Gasteiger partial charge in [0, 0.05) is 20.0 Å². The molecule has 0 saturated heterocycles. The topological polar surface area (TPSA) is 66.8 Å². The van der Waals surface area contributed by atoms with Crippen LogP contribution in [0.1, 0.15) is 11.1 Å². The van der Waals surface area contributed by atoms with Crippen molar-refractivity contribution in [1.29, 1.82) is 0 Å². The van der Waals surface area contributed by atoms with E-state index in [0.29, 0.717) is 13.2 Å². The Morgan fingerprint density at radius 3 is 2.94 bits per heavy atom. The summed E-state index contributed by atoms with van der Waals surface area (Å²) in [6, 6.07) is 5.65. The van der Waals surface area contributed by atoms with Crippen LogP contribution in [0.5, 0.6) is 5.75 Å². The zero-order valence-corrected chi connectivity index (χ0v) is 9.47. The summed E-state index contributed by atoms with van der Waals surface area (Å²) in [6.45, 7) is 0.973. The average Bonchev–Trinajstić information content (AvgIpc) is 2.74. The lowest BCUT2D eigenvalue weighted by Gasteiger charge is -2.14. The summed E-state index contributed by atoms with van der Waals surface area (Å²) >= 11 is 0. The van der Waals surface area contributed by atoms with Crippen molar-refractivity contribution in [3.63, 3.8) is 0 Å². The summed E-state index contributed by atoms with van der Waals surface area (Å²) in [6.07, 6.45) is 0.861. The summed E-state index contributed by atoms with van der Waals surface area (Å²) in [4.78, 5) is 22.9. The predicted octanol–water partition coefficient (Wildman–Crippen LogP) is 0.664. The molecule has 90 valence electrons. The third kappa shape index (κ3) is 2.38. The molecule has 0 atom stereocenters. The van der Waals surface area contributed by atoms with Crippen molar-refractivity contribution in [2.24, 2.45) is 0 Å². The number of aliphatic carboxylic acids is 1. The molecular formula is C12H13NO4. The van der Waals surface area contributed by atoms with Gasteiger partial charge in [-0.15, -0.1) is 0 Å². The van der Waals surface area contributed by atoms with Crippen molar-refractivity contribution < 1.29 is 19.4 Å². The number of amides is 1. The molecule has 0 aromatic heterocycles. The van der Waals surface area contributed by atoms with Gasteiger partial charge in [0.05, 0.1) is 6.61 Å². The fourth-order valence-corrected chi connectivity index (χ4v) is 1.85. The highest BCUT2D eigenvalue weighted by atomic mass is 16.5. The standard InChI is InChI=1S/C12H13NO4/c1-13(11(14)12(15)16)7-8-2-3-10-9(6-8)4-5-17-10/h2-3,6H,4-5,7H2,1H3,(H,15,16). The Balaban J connectivity index is 2.09. The molecule has 5 nitrogen and oxygen atoms in total. The molecule has 1 heterocycles. The molecule has 0 bridgehead atoms. The van der Waals surface area contributed by atoms with Gasteiger partial charge in [-0.05, 0) is 17.2 Å². The number of carbonyl (C=O) groups is 2. The van der Waals surface area contributed by atoms with Gasteiger partial charge in [-0.3, -0.25) is 4.79 Å². The van der Waals surface area contributed by atoms with Crippen LogP contribution >= 0.6 is 0 Å². The molecule has 0 spiro atoms. The molecular weight excluding hydrogens is 222 g/mol. The number of likely N-dealkylation sites (N-methyl/N-ethyl adjacent to an activating group) is 1. The Bertz CT molecular complexity index is 470. The number of carbonyl (C=O) groups excluding carboxylic acids is 1. The van der Waals surface area contributed by atoms with Gasteiger partial charge in [-0.2, -0.15) is 0 Å². The molecule has 1 aliphatic heterocycles. The van der Waals surface area contributed by atoms with Crippen molar-refractivity contribution in [3.05, 3.63) is 29.3 Å². The maximum atomic E-state index is 11.2. The Kier molecular flexibility index (Phi) is 2.99. The van der Waals surface area contributed by atoms with Gasteiger partial charge in [0.1, 0.15) is 5.75 Å². The molecule has 5 heteroatoms. The Hall–Kier alpha value is -2.04. The second-order valence-corrected chi connectivity index (χ2v) is 4.01. The monoisotopic (exact) mass is 235 g/mol. The van der Waals surface area contributed by atoms with Gasteiger partial charge >= 0.3 is 11.9 Å². The van der Waals surface area contributed by atoms with Crippen LogP contribution in [0.3, 0.4) is 0 Å². The fraction of sp³-hybridized carbons (Fsp3) is 0.333. The van der Waals surface area contributed by atoms with E-state index in [1.807, 2.05) is 18.2 Å². The number of carboxylic acids is 1. The highest BCUT2D eigenvalue weighted by Gasteiger charge is 2.18. The first-order valence-electron chi connectivity index (χ1n) is 5.31. The van der Waals surface area contributed by atoms with Crippen molar-refractivity contribution >= 4 is 11.9 Å². The molecule has 17 heavy (non-hydrogen) atoms. The molecule has 2 rings (SSSR count). The smallest absolute Gasteiger partial charge is 0.394 e. The third-order valence-electron chi connectivity index (χ3n) is 2.70. The predicted molar refractivity (Wildman–Crippen MR) is 59.8 cm³/mol. The van der Waals surface area contributed by atoms with Crippen LogP contribution in [-0.4, -0.2) is 35.5 Å². The van der Waals surface area contributed by atoms with Gasteiger partial charge in [0.25, 0.3) is 0 Å². The van der Waals surface area contributed by atoms with Crippen LogP contribution < -0.4 is 4.74 Å². The largest absolute Gasteiger partial charge is 0.493 e. The van der Waals surface area contributed by atoms with Gasteiger partial charge in [-0.1, -0.05) is 12.1 Å². The summed E-state index contributed by atoms with van der Waals surface area (Å²) in [5.74, 6) is -1.46. The van der Waals surface area contributed by atoms with E-state index in [4.69, 9.17) is 9.84 Å². The summed E-state index contributed by atoms with van der Waals surface area (Å²) < 4.78 is 5.37. The summed E-state index contributed by atoms with van der Waals surface area (Å²) in [5, 5.41) is 8.57. The van der Waals surface area contributed by atoms with E-state index >= 15 is 0 Å². The number of ether oxygens (including phenoxy) is 1. The quantitative estimate of drug-likeness (QED) is 0.765. The number of hydrogen-bond donors (Lipinski definition) is 1. The van der Waals surface area contributed by atoms with Crippen molar-refractivity contribution in [3.8, 4) is 5.75 Å². The van der Waals surface area contributed by atoms with Crippen LogP contribution in [0.15, 0.2) is 18.2 Å². The van der Waals surface area contributed by atoms with Crippen LogP contribution in [-0.2, 0) is 22.6 Å². The molecule has 1 amide bonds. The molecule has 0 radical (unpaired) electrons. The average molecular weight is 235 g/mol. The van der Waals surface area contributed by atoms with Crippen LogP contribution in [0.2, 0.25) is 0 Å². The van der Waals surface area contributed by atoms with Crippen LogP contribution in [0.4, 0.5) is 0 Å². The minimum atomic E-state index is -1.43. The summed E-state index contributed by atoms with van der Waals surface area (Å²) in [7, 11) is 1.47. The Morgan fingerprint density at radius 1 is 1.47 bits per heavy atom. The van der Waals surface area contributed by atoms with E-state index < -0.39 is 11.9 Å². The first-order chi connectivity index (χ1) is 8.08. The lowest BCUT2D eigenvalue weighted by molar-refractivity contribution is -0.155. The second-order valence-electron chi connectivity index (χ2n) is 4.01. The zero-order valence-electron chi connectivity index (χ0n) is 9.47. The van der Waals surface area contributed by atoms with E-state index in [0.717, 1.165) is 23.3 Å². The third-order valence-corrected chi connectivity index (χ3v) is 2.70. The number of carboxylic acid groups (broad SMARTS) is 1. The van der Waals surface area contributed by atoms with E-state index in [1.54, 1.807) is 0 Å². The number of benzene rings is 1. The fourth-order valence-electron chi connectivity index (χ4n) is 1.85. The molecule has 0 unspecified atom stereocenters. The van der Waals surface area contributed by atoms with Gasteiger partial charge in [-0.25, -0.2) is 4.79 Å². The Morgan fingerprint density at radius 2 is 2.24 bits per heavy atom. The minimum absolute atomic E-state index is 0.290. The first kappa shape index (κ1) is 11.4. The van der Waals surface area contributed by atoms with Crippen molar-refractivity contribution in [2.75, 3.05) is 13.7 Å². The number of rotatable bonds is 2. The maximum absolute atomic E-state index is 11.2. The second kappa shape index (κ2) is 4.45. The SMILES string of the molecule is CN(Cc1ccc2c(c1)CCO2)C(=O)C(=O)O. The molecule has 1 aromatic rings. The first-order valence-corrected chi connectivity index (χ1v) is 5.31. The van der Waals surface area contributed by atoms with E-state index in [2.05, 4.69) is 0 Å². The molecule has 1 aromatic carbocycles. The van der Waals surface area contributed by atoms with Gasteiger partial charge < -0.3 is 14.7 Å². The molecule has 1 N–H and O–H groups in total. The highest BCUT2D eigenvalue weighted by molar-refractivity contribution is 6.31. The molecule has 0 saturated carbocycles. The van der Waals surface area contributed by atoms with Gasteiger partial charge in [0.15, 0.2) is 0 Å². The normalized spacial score (nSPS) is 12.8. The summed E-state index contributed by atoms with van der Waals surface area (Å²) in [5.41, 5.74) is 2.02. The van der Waals surface area contributed by atoms with E-state index in [1.165, 1.54) is 11.9 Å². The molecule has 0 aliphatic carbocycles. The molecule has 1 aliphatic rings. The van der Waals surface area contributed by atoms with Crippen LogP contribution in [0, 0.1) is 0 Å². The van der Waals surface area contributed by atoms with E-state index in [9.17, 15) is 9.59 Å². The lowest BCUT2D eigenvalue weighted by Crippen LogP contribution is -2.32.